The van der Waals surface area contributed by atoms with Crippen LogP contribution in [0, 0.1) is 5.41 Å². The Morgan fingerprint density at radius 1 is 1.17 bits per heavy atom. The molecule has 0 saturated carbocycles. The molecular formula is C13H19BN2O2. The van der Waals surface area contributed by atoms with Crippen LogP contribution in [0.4, 0.5) is 0 Å². The minimum absolute atomic E-state index is 0.363. The molecule has 4 nitrogen and oxygen atoms in total. The monoisotopic (exact) mass is 246 g/mol. The molecule has 2 aliphatic rings. The second-order valence-corrected chi connectivity index (χ2v) is 5.60. The van der Waals surface area contributed by atoms with E-state index in [0.29, 0.717) is 11.3 Å². The predicted octanol–water partition coefficient (Wildman–Crippen LogP) is 1.98. The fourth-order valence-electron chi connectivity index (χ4n) is 1.84. The molecule has 0 unspecified atom stereocenters. The maximum absolute atomic E-state index is 7.85. The zero-order chi connectivity index (χ0) is 13.6. The first-order chi connectivity index (χ1) is 8.27. The van der Waals surface area contributed by atoms with Crippen molar-refractivity contribution in [2.45, 2.75) is 38.9 Å². The van der Waals surface area contributed by atoms with E-state index in [1.807, 2.05) is 39.8 Å². The van der Waals surface area contributed by atoms with Crippen molar-refractivity contribution in [3.05, 3.63) is 35.5 Å². The Hall–Kier alpha value is -1.33. The van der Waals surface area contributed by atoms with Gasteiger partial charge < -0.3 is 20.5 Å². The Morgan fingerprint density at radius 3 is 2.17 bits per heavy atom. The van der Waals surface area contributed by atoms with E-state index in [2.05, 4.69) is 0 Å². The van der Waals surface area contributed by atoms with E-state index in [9.17, 15) is 0 Å². The Kier molecular flexibility index (Phi) is 2.99. The third-order valence-electron chi connectivity index (χ3n) is 3.78. The molecule has 0 amide bonds. The van der Waals surface area contributed by atoms with Crippen molar-refractivity contribution < 1.29 is 9.31 Å². The SMILES string of the molecule is CC1(C)OB(C2=CC(=N)/C(=C\N)C=C2)OC1(C)C. The van der Waals surface area contributed by atoms with Crippen LogP contribution in [0.2, 0.25) is 0 Å². The molecule has 1 aliphatic carbocycles. The van der Waals surface area contributed by atoms with Crippen LogP contribution in [0.25, 0.3) is 0 Å². The number of hydrogen-bond donors (Lipinski definition) is 2. The number of rotatable bonds is 1. The average Bonchev–Trinajstić information content (AvgIpc) is 2.48. The summed E-state index contributed by atoms with van der Waals surface area (Å²) in [7, 11) is -0.425. The topological polar surface area (TPSA) is 68.3 Å². The number of hydrogen-bond acceptors (Lipinski definition) is 4. The van der Waals surface area contributed by atoms with Crippen LogP contribution in [-0.2, 0) is 9.31 Å². The van der Waals surface area contributed by atoms with Crippen LogP contribution in [0.3, 0.4) is 0 Å². The maximum Gasteiger partial charge on any atom is 0.494 e. The van der Waals surface area contributed by atoms with E-state index < -0.39 is 7.12 Å². The highest BCUT2D eigenvalue weighted by Gasteiger charge is 2.52. The first kappa shape index (κ1) is 13.1. The smallest absolute Gasteiger partial charge is 0.404 e. The van der Waals surface area contributed by atoms with E-state index in [-0.39, 0.29) is 11.2 Å². The van der Waals surface area contributed by atoms with Crippen LogP contribution in [-0.4, -0.2) is 24.0 Å². The second-order valence-electron chi connectivity index (χ2n) is 5.60. The van der Waals surface area contributed by atoms with Gasteiger partial charge in [-0.2, -0.15) is 0 Å². The summed E-state index contributed by atoms with van der Waals surface area (Å²) in [5, 5.41) is 7.85. The number of nitrogens with two attached hydrogens (primary N) is 1. The molecule has 0 aromatic rings. The van der Waals surface area contributed by atoms with Gasteiger partial charge in [-0.3, -0.25) is 0 Å². The van der Waals surface area contributed by atoms with Crippen molar-refractivity contribution >= 4 is 12.8 Å². The minimum atomic E-state index is -0.425. The summed E-state index contributed by atoms with van der Waals surface area (Å²) in [6.07, 6.45) is 6.86. The third kappa shape index (κ3) is 2.04. The van der Waals surface area contributed by atoms with Crippen LogP contribution < -0.4 is 5.73 Å². The van der Waals surface area contributed by atoms with Crippen LogP contribution in [0.1, 0.15) is 27.7 Å². The molecule has 0 radical (unpaired) electrons. The molecule has 96 valence electrons. The Morgan fingerprint density at radius 2 is 1.72 bits per heavy atom. The lowest BCUT2D eigenvalue weighted by Gasteiger charge is -2.32. The first-order valence-electron chi connectivity index (χ1n) is 6.03. The molecule has 1 heterocycles. The molecule has 0 spiro atoms. The van der Waals surface area contributed by atoms with E-state index in [0.717, 1.165) is 5.47 Å². The number of nitrogens with one attached hydrogen (secondary N) is 1. The highest BCUT2D eigenvalue weighted by Crippen LogP contribution is 2.39. The van der Waals surface area contributed by atoms with Crippen LogP contribution in [0.15, 0.2) is 35.5 Å². The lowest BCUT2D eigenvalue weighted by atomic mass is 9.75. The summed E-state index contributed by atoms with van der Waals surface area (Å²) in [5.41, 5.74) is 6.64. The van der Waals surface area contributed by atoms with Crippen molar-refractivity contribution in [1.29, 1.82) is 5.41 Å². The lowest BCUT2D eigenvalue weighted by Crippen LogP contribution is -2.41. The lowest BCUT2D eigenvalue weighted by molar-refractivity contribution is 0.00578. The van der Waals surface area contributed by atoms with Crippen molar-refractivity contribution in [2.75, 3.05) is 0 Å². The molecular weight excluding hydrogens is 227 g/mol. The highest BCUT2D eigenvalue weighted by atomic mass is 16.7. The van der Waals surface area contributed by atoms with Gasteiger partial charge in [-0.05, 0) is 39.2 Å². The van der Waals surface area contributed by atoms with Gasteiger partial charge in [-0.1, -0.05) is 12.2 Å². The molecule has 0 atom stereocenters. The maximum atomic E-state index is 7.85. The van der Waals surface area contributed by atoms with Crippen molar-refractivity contribution in [2.24, 2.45) is 5.73 Å². The Labute approximate surface area is 108 Å². The fraction of sp³-hybridized carbons (Fsp3) is 0.462. The Bertz CT molecular complexity index is 459. The normalized spacial score (nSPS) is 27.8. The largest absolute Gasteiger partial charge is 0.494 e. The van der Waals surface area contributed by atoms with Crippen LogP contribution >= 0.6 is 0 Å². The molecule has 5 heteroatoms. The zero-order valence-electron chi connectivity index (χ0n) is 11.3. The molecule has 0 aromatic heterocycles. The summed E-state index contributed by atoms with van der Waals surface area (Å²) < 4.78 is 11.9. The Balaban J connectivity index is 2.22. The minimum Gasteiger partial charge on any atom is -0.404 e. The summed E-state index contributed by atoms with van der Waals surface area (Å²) in [5.74, 6) is 0. The third-order valence-corrected chi connectivity index (χ3v) is 3.78. The highest BCUT2D eigenvalue weighted by molar-refractivity contribution is 6.56. The van der Waals surface area contributed by atoms with Gasteiger partial charge in [-0.15, -0.1) is 0 Å². The van der Waals surface area contributed by atoms with E-state index in [1.165, 1.54) is 6.20 Å². The van der Waals surface area contributed by atoms with Gasteiger partial charge >= 0.3 is 7.12 Å². The molecule has 2 rings (SSSR count). The quantitative estimate of drug-likeness (QED) is 0.695. The number of allylic oxidation sites excluding steroid dienone is 5. The molecule has 18 heavy (non-hydrogen) atoms. The molecule has 1 fully saturated rings. The molecule has 1 aliphatic heterocycles. The fourth-order valence-corrected chi connectivity index (χ4v) is 1.84. The van der Waals surface area contributed by atoms with E-state index in [4.69, 9.17) is 20.5 Å². The molecule has 1 saturated heterocycles. The average molecular weight is 246 g/mol. The van der Waals surface area contributed by atoms with Crippen molar-refractivity contribution in [3.8, 4) is 0 Å². The standard InChI is InChI=1S/C13H19BN2O2/c1-12(2)13(3,4)18-14(17-12)10-6-5-9(8-15)11(16)7-10/h5-8,16H,15H2,1-4H3/b9-8-,16-11?. The second kappa shape index (κ2) is 4.11. The zero-order valence-corrected chi connectivity index (χ0v) is 11.3. The molecule has 0 aromatic carbocycles. The predicted molar refractivity (Wildman–Crippen MR) is 73.3 cm³/mol. The van der Waals surface area contributed by atoms with Gasteiger partial charge in [0.25, 0.3) is 0 Å². The van der Waals surface area contributed by atoms with Crippen molar-refractivity contribution in [1.82, 2.24) is 0 Å². The van der Waals surface area contributed by atoms with Crippen LogP contribution in [0.5, 0.6) is 0 Å². The van der Waals surface area contributed by atoms with E-state index >= 15 is 0 Å². The van der Waals surface area contributed by atoms with Gasteiger partial charge in [0, 0.05) is 11.8 Å². The summed E-state index contributed by atoms with van der Waals surface area (Å²) in [6, 6.07) is 0. The summed E-state index contributed by atoms with van der Waals surface area (Å²) >= 11 is 0. The van der Waals surface area contributed by atoms with E-state index in [1.54, 1.807) is 6.08 Å². The van der Waals surface area contributed by atoms with Crippen molar-refractivity contribution in [3.63, 3.8) is 0 Å². The van der Waals surface area contributed by atoms with Gasteiger partial charge in [0.2, 0.25) is 0 Å². The van der Waals surface area contributed by atoms with Gasteiger partial charge in [0.15, 0.2) is 0 Å². The summed E-state index contributed by atoms with van der Waals surface area (Å²) in [6.45, 7) is 8.04. The first-order valence-corrected chi connectivity index (χ1v) is 6.03. The molecule has 3 N–H and O–H groups in total. The van der Waals surface area contributed by atoms with Gasteiger partial charge in [0.1, 0.15) is 0 Å². The molecule has 0 bridgehead atoms. The summed E-state index contributed by atoms with van der Waals surface area (Å²) in [4.78, 5) is 0. The van der Waals surface area contributed by atoms with Gasteiger partial charge in [-0.25, -0.2) is 0 Å². The van der Waals surface area contributed by atoms with Gasteiger partial charge in [0.05, 0.1) is 16.9 Å².